The highest BCUT2D eigenvalue weighted by Gasteiger charge is 2.39. The predicted octanol–water partition coefficient (Wildman–Crippen LogP) is 3.15. The molecule has 0 saturated carbocycles. The molecule has 0 bridgehead atoms. The highest BCUT2D eigenvalue weighted by molar-refractivity contribution is 5.80. The maximum atomic E-state index is 11.8. The Morgan fingerprint density at radius 2 is 1.94 bits per heavy atom. The molecule has 1 rings (SSSR count). The van der Waals surface area contributed by atoms with Crippen molar-refractivity contribution >= 4 is 5.97 Å². The Labute approximate surface area is 109 Å². The van der Waals surface area contributed by atoms with Crippen LogP contribution in [0, 0.1) is 0 Å². The number of carbonyl (C=O) groups is 1. The normalized spacial score (nSPS) is 15.9. The molecule has 0 aromatic heterocycles. The van der Waals surface area contributed by atoms with Gasteiger partial charge >= 0.3 is 5.97 Å². The van der Waals surface area contributed by atoms with E-state index in [1.165, 1.54) is 0 Å². The van der Waals surface area contributed by atoms with Crippen LogP contribution in [-0.4, -0.2) is 17.1 Å². The maximum Gasteiger partial charge on any atom is 0.328 e. The lowest BCUT2D eigenvalue weighted by molar-refractivity contribution is -0.146. The Kier molecular flexibility index (Phi) is 5.35. The van der Waals surface area contributed by atoms with Crippen LogP contribution < -0.4 is 5.32 Å². The molecular weight excluding hydrogens is 226 g/mol. The molecule has 3 heteroatoms. The molecule has 0 aliphatic carbocycles. The fraction of sp³-hybridized carbons (Fsp3) is 0.533. The molecule has 0 fully saturated rings. The second kappa shape index (κ2) is 6.55. The van der Waals surface area contributed by atoms with Gasteiger partial charge in [0, 0.05) is 6.04 Å². The van der Waals surface area contributed by atoms with Gasteiger partial charge in [-0.15, -0.1) is 0 Å². The van der Waals surface area contributed by atoms with Crippen LogP contribution in [0.1, 0.15) is 45.6 Å². The van der Waals surface area contributed by atoms with Crippen molar-refractivity contribution in [3.8, 4) is 0 Å². The van der Waals surface area contributed by atoms with E-state index in [2.05, 4.69) is 12.2 Å². The van der Waals surface area contributed by atoms with Gasteiger partial charge < -0.3 is 5.11 Å². The van der Waals surface area contributed by atoms with E-state index in [-0.39, 0.29) is 6.04 Å². The smallest absolute Gasteiger partial charge is 0.328 e. The first-order chi connectivity index (χ1) is 8.56. The second-order valence-corrected chi connectivity index (χ2v) is 4.78. The van der Waals surface area contributed by atoms with Gasteiger partial charge in [-0.2, -0.15) is 0 Å². The van der Waals surface area contributed by atoms with E-state index in [9.17, 15) is 9.90 Å². The zero-order chi connectivity index (χ0) is 13.6. The first-order valence-corrected chi connectivity index (χ1v) is 6.63. The lowest BCUT2D eigenvalue weighted by atomic mass is 9.84. The zero-order valence-electron chi connectivity index (χ0n) is 11.4. The number of hydrogen-bond donors (Lipinski definition) is 2. The molecule has 0 saturated heterocycles. The van der Waals surface area contributed by atoms with E-state index in [4.69, 9.17) is 0 Å². The van der Waals surface area contributed by atoms with E-state index in [1.807, 2.05) is 44.2 Å². The van der Waals surface area contributed by atoms with Crippen molar-refractivity contribution in [1.29, 1.82) is 0 Å². The van der Waals surface area contributed by atoms with Gasteiger partial charge in [0.1, 0.15) is 5.54 Å². The van der Waals surface area contributed by atoms with Crippen LogP contribution in [-0.2, 0) is 10.3 Å². The summed E-state index contributed by atoms with van der Waals surface area (Å²) in [6.07, 6.45) is 2.33. The van der Waals surface area contributed by atoms with Gasteiger partial charge in [-0.3, -0.25) is 5.32 Å². The molecule has 2 N–H and O–H groups in total. The minimum absolute atomic E-state index is 0.174. The van der Waals surface area contributed by atoms with Crippen LogP contribution >= 0.6 is 0 Å². The molecule has 0 heterocycles. The highest BCUT2D eigenvalue weighted by atomic mass is 16.4. The van der Waals surface area contributed by atoms with Crippen molar-refractivity contribution in [3.63, 3.8) is 0 Å². The molecule has 18 heavy (non-hydrogen) atoms. The van der Waals surface area contributed by atoms with Crippen LogP contribution in [0.5, 0.6) is 0 Å². The molecule has 100 valence electrons. The lowest BCUT2D eigenvalue weighted by Gasteiger charge is -2.33. The van der Waals surface area contributed by atoms with E-state index in [0.29, 0.717) is 6.42 Å². The standard InChI is InChI=1S/C15H23NO2/c1-4-11-15(14(17)18,16-12(3)5-2)13-9-7-6-8-10-13/h6-10,12,16H,4-5,11H2,1-3H3,(H,17,18). The van der Waals surface area contributed by atoms with Gasteiger partial charge in [-0.1, -0.05) is 50.6 Å². The number of rotatable bonds is 7. The summed E-state index contributed by atoms with van der Waals surface area (Å²) in [7, 11) is 0. The number of carboxylic acids is 1. The quantitative estimate of drug-likeness (QED) is 0.780. The van der Waals surface area contributed by atoms with Gasteiger partial charge in [0.2, 0.25) is 0 Å². The van der Waals surface area contributed by atoms with Crippen LogP contribution in [0.15, 0.2) is 30.3 Å². The van der Waals surface area contributed by atoms with Crippen molar-refractivity contribution in [2.24, 2.45) is 0 Å². The number of nitrogens with one attached hydrogen (secondary N) is 1. The highest BCUT2D eigenvalue weighted by Crippen LogP contribution is 2.28. The summed E-state index contributed by atoms with van der Waals surface area (Å²) in [4.78, 5) is 11.8. The van der Waals surface area contributed by atoms with Crippen molar-refractivity contribution in [1.82, 2.24) is 5.32 Å². The van der Waals surface area contributed by atoms with Crippen LogP contribution in [0.25, 0.3) is 0 Å². The zero-order valence-corrected chi connectivity index (χ0v) is 11.4. The summed E-state index contributed by atoms with van der Waals surface area (Å²) >= 11 is 0. The third-order valence-electron chi connectivity index (χ3n) is 3.36. The monoisotopic (exact) mass is 249 g/mol. The Bertz CT molecular complexity index is 377. The van der Waals surface area contributed by atoms with Gasteiger partial charge in [0.25, 0.3) is 0 Å². The predicted molar refractivity (Wildman–Crippen MR) is 73.6 cm³/mol. The number of hydrogen-bond acceptors (Lipinski definition) is 2. The van der Waals surface area contributed by atoms with Crippen molar-refractivity contribution in [2.75, 3.05) is 0 Å². The fourth-order valence-electron chi connectivity index (χ4n) is 2.21. The molecule has 0 radical (unpaired) electrons. The van der Waals surface area contributed by atoms with E-state index in [1.54, 1.807) is 0 Å². The minimum atomic E-state index is -0.967. The Morgan fingerprint density at radius 3 is 2.39 bits per heavy atom. The third-order valence-corrected chi connectivity index (χ3v) is 3.36. The number of benzene rings is 1. The SMILES string of the molecule is CCCC(NC(C)CC)(C(=O)O)c1ccccc1. The van der Waals surface area contributed by atoms with Gasteiger partial charge in [-0.25, -0.2) is 4.79 Å². The Hall–Kier alpha value is -1.35. The average Bonchev–Trinajstić information content (AvgIpc) is 2.38. The van der Waals surface area contributed by atoms with Crippen molar-refractivity contribution in [3.05, 3.63) is 35.9 Å². The topological polar surface area (TPSA) is 49.3 Å². The molecule has 2 unspecified atom stereocenters. The second-order valence-electron chi connectivity index (χ2n) is 4.78. The first kappa shape index (κ1) is 14.7. The molecule has 1 aromatic carbocycles. The van der Waals surface area contributed by atoms with Gasteiger partial charge in [-0.05, 0) is 25.3 Å². The van der Waals surface area contributed by atoms with Crippen molar-refractivity contribution in [2.45, 2.75) is 51.6 Å². The maximum absolute atomic E-state index is 11.8. The molecule has 3 nitrogen and oxygen atoms in total. The summed E-state index contributed by atoms with van der Waals surface area (Å²) in [5, 5.41) is 13.0. The van der Waals surface area contributed by atoms with Gasteiger partial charge in [0.15, 0.2) is 0 Å². The molecule has 1 aromatic rings. The summed E-state index contributed by atoms with van der Waals surface area (Å²) in [5.41, 5.74) is -0.134. The summed E-state index contributed by atoms with van der Waals surface area (Å²) in [5.74, 6) is -0.796. The largest absolute Gasteiger partial charge is 0.480 e. The average molecular weight is 249 g/mol. The Balaban J connectivity index is 3.17. The number of aliphatic carboxylic acids is 1. The summed E-state index contributed by atoms with van der Waals surface area (Å²) < 4.78 is 0. The van der Waals surface area contributed by atoms with Gasteiger partial charge in [0.05, 0.1) is 0 Å². The molecule has 0 aliphatic rings. The first-order valence-electron chi connectivity index (χ1n) is 6.63. The summed E-state index contributed by atoms with van der Waals surface area (Å²) in [6.45, 7) is 6.09. The van der Waals surface area contributed by atoms with Crippen molar-refractivity contribution < 1.29 is 9.90 Å². The van der Waals surface area contributed by atoms with Crippen LogP contribution in [0.2, 0.25) is 0 Å². The van der Waals surface area contributed by atoms with Crippen LogP contribution in [0.3, 0.4) is 0 Å². The molecule has 0 aliphatic heterocycles. The van der Waals surface area contributed by atoms with Crippen LogP contribution in [0.4, 0.5) is 0 Å². The molecule has 0 amide bonds. The lowest BCUT2D eigenvalue weighted by Crippen LogP contribution is -2.52. The fourth-order valence-corrected chi connectivity index (χ4v) is 2.21. The summed E-state index contributed by atoms with van der Waals surface area (Å²) in [6, 6.07) is 9.64. The van der Waals surface area contributed by atoms with E-state index >= 15 is 0 Å². The third kappa shape index (κ3) is 3.10. The Morgan fingerprint density at radius 1 is 1.33 bits per heavy atom. The number of carboxylic acid groups (broad SMARTS) is 1. The molecule has 0 spiro atoms. The minimum Gasteiger partial charge on any atom is -0.480 e. The van der Waals surface area contributed by atoms with E-state index < -0.39 is 11.5 Å². The van der Waals surface area contributed by atoms with E-state index in [0.717, 1.165) is 18.4 Å². The molecule has 2 atom stereocenters. The molecular formula is C15H23NO2.